The fourth-order valence-corrected chi connectivity index (χ4v) is 1.13. The molecule has 4 N–H and O–H groups in total. The second-order valence-corrected chi connectivity index (χ2v) is 2.57. The van der Waals surface area contributed by atoms with Crippen molar-refractivity contribution in [2.75, 3.05) is 0 Å². The van der Waals surface area contributed by atoms with E-state index in [-0.39, 0.29) is 16.9 Å². The van der Waals surface area contributed by atoms with Crippen LogP contribution in [0, 0.1) is 10.1 Å². The summed E-state index contributed by atoms with van der Waals surface area (Å²) in [7, 11) is 0. The number of imidazole rings is 1. The summed E-state index contributed by atoms with van der Waals surface area (Å²) in [6.45, 7) is 0. The van der Waals surface area contributed by atoms with Gasteiger partial charge in [-0.1, -0.05) is 0 Å². The van der Waals surface area contributed by atoms with Crippen LogP contribution in [-0.4, -0.2) is 20.4 Å². The van der Waals surface area contributed by atoms with Crippen LogP contribution in [0.2, 0.25) is 0 Å². The van der Waals surface area contributed by atoms with Crippen LogP contribution < -0.4 is 5.69 Å². The number of aromatic amines is 2. The van der Waals surface area contributed by atoms with Crippen LogP contribution >= 0.6 is 0 Å². The lowest BCUT2D eigenvalue weighted by Crippen LogP contribution is -1.99. The van der Waals surface area contributed by atoms with E-state index in [9.17, 15) is 14.9 Å². The Bertz CT molecular complexity index is 527. The van der Waals surface area contributed by atoms with Gasteiger partial charge in [0.2, 0.25) is 0 Å². The summed E-state index contributed by atoms with van der Waals surface area (Å²) in [5, 5.41) is 10.4. The zero-order valence-electron chi connectivity index (χ0n) is 6.90. The highest BCUT2D eigenvalue weighted by molar-refractivity contribution is 5.76. The number of nitro groups is 1. The van der Waals surface area contributed by atoms with Crippen LogP contribution in [0.1, 0.15) is 0 Å². The lowest BCUT2D eigenvalue weighted by atomic mass is 10.3. The van der Waals surface area contributed by atoms with Crippen LogP contribution in [0.15, 0.2) is 23.0 Å². The van der Waals surface area contributed by atoms with Crippen molar-refractivity contribution in [3.8, 4) is 0 Å². The van der Waals surface area contributed by atoms with Gasteiger partial charge in [0.25, 0.3) is 5.69 Å². The number of nitrogens with one attached hydrogen (secondary N) is 2. The third-order valence-corrected chi connectivity index (χ3v) is 1.71. The van der Waals surface area contributed by atoms with Crippen molar-refractivity contribution in [3.63, 3.8) is 0 Å². The van der Waals surface area contributed by atoms with Crippen molar-refractivity contribution in [3.05, 3.63) is 38.8 Å². The fourth-order valence-electron chi connectivity index (χ4n) is 1.13. The SMILES string of the molecule is O.O=c1[nH]c2ccc([N+](=O)[O-])cc2[nH]1. The number of rotatable bonds is 1. The van der Waals surface area contributed by atoms with E-state index >= 15 is 0 Å². The number of nitrogens with zero attached hydrogens (tertiary/aromatic N) is 1. The smallest absolute Gasteiger partial charge is 0.323 e. The van der Waals surface area contributed by atoms with E-state index in [0.29, 0.717) is 11.0 Å². The number of aromatic nitrogens is 2. The summed E-state index contributed by atoms with van der Waals surface area (Å²) in [5.74, 6) is 0. The van der Waals surface area contributed by atoms with Gasteiger partial charge in [0.15, 0.2) is 0 Å². The van der Waals surface area contributed by atoms with Crippen molar-refractivity contribution in [1.82, 2.24) is 9.97 Å². The van der Waals surface area contributed by atoms with Crippen molar-refractivity contribution in [1.29, 1.82) is 0 Å². The van der Waals surface area contributed by atoms with Crippen LogP contribution in [0.4, 0.5) is 5.69 Å². The van der Waals surface area contributed by atoms with Crippen molar-refractivity contribution >= 4 is 16.7 Å². The summed E-state index contributed by atoms with van der Waals surface area (Å²) < 4.78 is 0. The van der Waals surface area contributed by atoms with E-state index in [4.69, 9.17) is 0 Å². The van der Waals surface area contributed by atoms with E-state index < -0.39 is 4.92 Å². The first-order valence-electron chi connectivity index (χ1n) is 3.53. The van der Waals surface area contributed by atoms with Gasteiger partial charge in [0, 0.05) is 12.1 Å². The van der Waals surface area contributed by atoms with Gasteiger partial charge < -0.3 is 15.4 Å². The highest BCUT2D eigenvalue weighted by atomic mass is 16.6. The van der Waals surface area contributed by atoms with Gasteiger partial charge in [0.1, 0.15) is 0 Å². The summed E-state index contributed by atoms with van der Waals surface area (Å²) in [6, 6.07) is 4.14. The van der Waals surface area contributed by atoms with Gasteiger partial charge in [-0.05, 0) is 6.07 Å². The summed E-state index contributed by atoms with van der Waals surface area (Å²) in [5.41, 5.74) is 0.605. The van der Waals surface area contributed by atoms with E-state index in [1.807, 2.05) is 0 Å². The van der Waals surface area contributed by atoms with E-state index in [1.165, 1.54) is 18.2 Å². The van der Waals surface area contributed by atoms with E-state index in [1.54, 1.807) is 0 Å². The second kappa shape index (κ2) is 3.30. The maximum absolute atomic E-state index is 10.8. The zero-order chi connectivity index (χ0) is 9.42. The molecular weight excluding hydrogens is 190 g/mol. The molecule has 0 fully saturated rings. The fraction of sp³-hybridized carbons (Fsp3) is 0. The monoisotopic (exact) mass is 197 g/mol. The number of fused-ring (bicyclic) bond motifs is 1. The normalized spacial score (nSPS) is 9.71. The zero-order valence-corrected chi connectivity index (χ0v) is 6.90. The molecule has 2 aromatic rings. The van der Waals surface area contributed by atoms with Crippen LogP contribution in [0.5, 0.6) is 0 Å². The lowest BCUT2D eigenvalue weighted by molar-refractivity contribution is -0.384. The first-order chi connectivity index (χ1) is 6.16. The molecule has 0 atom stereocenters. The Morgan fingerprint density at radius 2 is 1.86 bits per heavy atom. The molecule has 7 nitrogen and oxygen atoms in total. The van der Waals surface area contributed by atoms with Crippen LogP contribution in [0.25, 0.3) is 11.0 Å². The lowest BCUT2D eigenvalue weighted by Gasteiger charge is -1.89. The molecule has 2 rings (SSSR count). The van der Waals surface area contributed by atoms with Crippen molar-refractivity contribution in [2.24, 2.45) is 0 Å². The number of nitro benzene ring substituents is 1. The minimum absolute atomic E-state index is 0. The van der Waals surface area contributed by atoms with Gasteiger partial charge in [0.05, 0.1) is 16.0 Å². The first-order valence-corrected chi connectivity index (χ1v) is 3.53. The highest BCUT2D eigenvalue weighted by Gasteiger charge is 2.06. The molecule has 0 aliphatic rings. The molecule has 0 saturated carbocycles. The first kappa shape index (κ1) is 9.93. The summed E-state index contributed by atoms with van der Waals surface area (Å²) in [6.07, 6.45) is 0. The molecule has 0 unspecified atom stereocenters. The van der Waals surface area contributed by atoms with Gasteiger partial charge in [-0.25, -0.2) is 4.79 Å². The quantitative estimate of drug-likeness (QED) is 0.491. The maximum atomic E-state index is 10.8. The molecule has 1 heterocycles. The summed E-state index contributed by atoms with van der Waals surface area (Å²) in [4.78, 5) is 25.6. The molecule has 0 aliphatic carbocycles. The molecule has 0 bridgehead atoms. The average molecular weight is 197 g/mol. The van der Waals surface area contributed by atoms with Crippen molar-refractivity contribution < 1.29 is 10.4 Å². The molecule has 14 heavy (non-hydrogen) atoms. The molecular formula is C7H7N3O4. The Hall–Kier alpha value is -2.15. The Labute approximate surface area is 76.8 Å². The molecule has 74 valence electrons. The number of hydrogen-bond acceptors (Lipinski definition) is 3. The molecule has 1 aromatic carbocycles. The van der Waals surface area contributed by atoms with E-state index in [0.717, 1.165) is 0 Å². The van der Waals surface area contributed by atoms with Gasteiger partial charge in [-0.15, -0.1) is 0 Å². The maximum Gasteiger partial charge on any atom is 0.323 e. The third kappa shape index (κ3) is 1.48. The topological polar surface area (TPSA) is 123 Å². The van der Waals surface area contributed by atoms with Gasteiger partial charge in [-0.3, -0.25) is 10.1 Å². The number of benzene rings is 1. The van der Waals surface area contributed by atoms with Gasteiger partial charge >= 0.3 is 5.69 Å². The minimum atomic E-state index is -0.509. The standard InChI is InChI=1S/C7H5N3O3.H2O/c11-7-8-5-2-1-4(10(12)13)3-6(5)9-7;/h1-3H,(H2,8,9,11);1H2. The Balaban J connectivity index is 0.000000980. The number of hydrogen-bond donors (Lipinski definition) is 2. The predicted octanol–water partition coefficient (Wildman–Crippen LogP) is -0.0603. The molecule has 1 aromatic heterocycles. The predicted molar refractivity (Wildman–Crippen MR) is 49.2 cm³/mol. The minimum Gasteiger partial charge on any atom is -0.412 e. The summed E-state index contributed by atoms with van der Waals surface area (Å²) >= 11 is 0. The largest absolute Gasteiger partial charge is 0.412 e. The molecule has 0 radical (unpaired) electrons. The van der Waals surface area contributed by atoms with Crippen molar-refractivity contribution in [2.45, 2.75) is 0 Å². The van der Waals surface area contributed by atoms with E-state index in [2.05, 4.69) is 9.97 Å². The Morgan fingerprint density at radius 3 is 2.50 bits per heavy atom. The van der Waals surface area contributed by atoms with Gasteiger partial charge in [-0.2, -0.15) is 0 Å². The van der Waals surface area contributed by atoms with Crippen LogP contribution in [-0.2, 0) is 0 Å². The van der Waals surface area contributed by atoms with Crippen LogP contribution in [0.3, 0.4) is 0 Å². The number of non-ortho nitro benzene ring substituents is 1. The molecule has 0 aliphatic heterocycles. The molecule has 0 amide bonds. The molecule has 7 heteroatoms. The Kier molecular flexibility index (Phi) is 2.34. The third-order valence-electron chi connectivity index (χ3n) is 1.71. The molecule has 0 spiro atoms. The Morgan fingerprint density at radius 1 is 1.21 bits per heavy atom. The highest BCUT2D eigenvalue weighted by Crippen LogP contribution is 2.15. The number of H-pyrrole nitrogens is 2. The average Bonchev–Trinajstić information content (AvgIpc) is 2.42. The molecule has 0 saturated heterocycles. The second-order valence-electron chi connectivity index (χ2n) is 2.57.